The fourth-order valence-corrected chi connectivity index (χ4v) is 2.88. The molecule has 0 spiro atoms. The molecular weight excluding hydrogens is 314 g/mol. The molecule has 0 bridgehead atoms. The Hall–Kier alpha value is -1.72. The summed E-state index contributed by atoms with van der Waals surface area (Å²) < 4.78 is 11.8. The Morgan fingerprint density at radius 3 is 2.61 bits per heavy atom. The van der Waals surface area contributed by atoms with Crippen LogP contribution in [0.3, 0.4) is 0 Å². The van der Waals surface area contributed by atoms with Crippen LogP contribution in [0.15, 0.2) is 36.7 Å². The number of piperidine rings is 1. The van der Waals surface area contributed by atoms with Crippen LogP contribution in [-0.2, 0) is 0 Å². The SMILES string of the molecule is CC1(Oc2ccc(Cl)cc2)CCN(CCOc2cn[nH]c2)CC1. The molecule has 0 radical (unpaired) electrons. The van der Waals surface area contributed by atoms with E-state index in [9.17, 15) is 0 Å². The molecule has 5 nitrogen and oxygen atoms in total. The van der Waals surface area contributed by atoms with Gasteiger partial charge in [-0.25, -0.2) is 0 Å². The lowest BCUT2D eigenvalue weighted by Crippen LogP contribution is -2.47. The number of halogens is 1. The standard InChI is InChI=1S/C17H22ClN3O2/c1-17(23-15-4-2-14(18)3-5-15)6-8-21(9-7-17)10-11-22-16-12-19-20-13-16/h2-5,12-13H,6-11H2,1H3,(H,19,20). The maximum Gasteiger partial charge on any atom is 0.156 e. The number of H-pyrrole nitrogens is 1. The number of likely N-dealkylation sites (tertiary alicyclic amines) is 1. The van der Waals surface area contributed by atoms with Gasteiger partial charge in [0.15, 0.2) is 5.75 Å². The van der Waals surface area contributed by atoms with Crippen LogP contribution in [0.4, 0.5) is 0 Å². The van der Waals surface area contributed by atoms with Gasteiger partial charge >= 0.3 is 0 Å². The van der Waals surface area contributed by atoms with E-state index < -0.39 is 0 Å². The van der Waals surface area contributed by atoms with Crippen molar-refractivity contribution >= 4 is 11.6 Å². The number of ether oxygens (including phenoxy) is 2. The second kappa shape index (κ2) is 7.23. The minimum atomic E-state index is -0.115. The molecule has 1 aromatic heterocycles. The monoisotopic (exact) mass is 335 g/mol. The molecule has 23 heavy (non-hydrogen) atoms. The zero-order valence-corrected chi connectivity index (χ0v) is 14.1. The van der Waals surface area contributed by atoms with Crippen molar-refractivity contribution in [3.63, 3.8) is 0 Å². The molecule has 1 saturated heterocycles. The fourth-order valence-electron chi connectivity index (χ4n) is 2.75. The zero-order chi connectivity index (χ0) is 16.1. The highest BCUT2D eigenvalue weighted by molar-refractivity contribution is 6.30. The van der Waals surface area contributed by atoms with Crippen LogP contribution in [0.25, 0.3) is 0 Å². The van der Waals surface area contributed by atoms with Crippen molar-refractivity contribution in [3.8, 4) is 11.5 Å². The third-order valence-electron chi connectivity index (χ3n) is 4.24. The summed E-state index contributed by atoms with van der Waals surface area (Å²) in [5.74, 6) is 1.67. The lowest BCUT2D eigenvalue weighted by Gasteiger charge is -2.39. The molecule has 6 heteroatoms. The molecule has 0 amide bonds. The highest BCUT2D eigenvalue weighted by atomic mass is 35.5. The smallest absolute Gasteiger partial charge is 0.156 e. The van der Waals surface area contributed by atoms with Gasteiger partial charge in [-0.2, -0.15) is 5.10 Å². The van der Waals surface area contributed by atoms with E-state index in [4.69, 9.17) is 21.1 Å². The van der Waals surface area contributed by atoms with Crippen LogP contribution in [0.5, 0.6) is 11.5 Å². The largest absolute Gasteiger partial charge is 0.489 e. The number of rotatable bonds is 6. The first kappa shape index (κ1) is 16.1. The number of nitrogens with one attached hydrogen (secondary N) is 1. The number of nitrogens with zero attached hydrogens (tertiary/aromatic N) is 2. The van der Waals surface area contributed by atoms with Crippen LogP contribution < -0.4 is 9.47 Å². The van der Waals surface area contributed by atoms with E-state index >= 15 is 0 Å². The van der Waals surface area contributed by atoms with Crippen molar-refractivity contribution in [1.82, 2.24) is 15.1 Å². The van der Waals surface area contributed by atoms with Crippen molar-refractivity contribution in [2.75, 3.05) is 26.2 Å². The zero-order valence-electron chi connectivity index (χ0n) is 13.3. The summed E-state index contributed by atoms with van der Waals surface area (Å²) >= 11 is 5.91. The second-order valence-corrected chi connectivity index (χ2v) is 6.57. The molecule has 2 aromatic rings. The Morgan fingerprint density at radius 2 is 1.96 bits per heavy atom. The van der Waals surface area contributed by atoms with E-state index in [0.717, 1.165) is 49.0 Å². The maximum absolute atomic E-state index is 6.18. The third-order valence-corrected chi connectivity index (χ3v) is 4.49. The molecular formula is C17H22ClN3O2. The average Bonchev–Trinajstić information content (AvgIpc) is 3.05. The van der Waals surface area contributed by atoms with Gasteiger partial charge in [-0.1, -0.05) is 11.6 Å². The molecule has 2 heterocycles. The Bertz CT molecular complexity index is 593. The molecule has 124 valence electrons. The van der Waals surface area contributed by atoms with Gasteiger partial charge in [-0.3, -0.25) is 10.00 Å². The van der Waals surface area contributed by atoms with Crippen LogP contribution >= 0.6 is 11.6 Å². The van der Waals surface area contributed by atoms with Gasteiger partial charge in [0.05, 0.1) is 12.4 Å². The Morgan fingerprint density at radius 1 is 1.22 bits per heavy atom. The summed E-state index contributed by atoms with van der Waals surface area (Å²) in [6, 6.07) is 7.59. The first-order valence-electron chi connectivity index (χ1n) is 7.92. The lowest BCUT2D eigenvalue weighted by molar-refractivity contribution is 0.0135. The quantitative estimate of drug-likeness (QED) is 0.879. The van der Waals surface area contributed by atoms with Gasteiger partial charge < -0.3 is 9.47 Å². The number of hydrogen-bond donors (Lipinski definition) is 1. The molecule has 0 unspecified atom stereocenters. The summed E-state index contributed by atoms with van der Waals surface area (Å²) in [7, 11) is 0. The van der Waals surface area contributed by atoms with Gasteiger partial charge in [-0.05, 0) is 44.0 Å². The van der Waals surface area contributed by atoms with E-state index in [1.165, 1.54) is 0 Å². The van der Waals surface area contributed by atoms with Crippen LogP contribution in [0, 0.1) is 0 Å². The predicted octanol–water partition coefficient (Wildman–Crippen LogP) is 3.38. The molecule has 0 aliphatic carbocycles. The molecule has 1 fully saturated rings. The van der Waals surface area contributed by atoms with Gasteiger partial charge in [0, 0.05) is 24.7 Å². The summed E-state index contributed by atoms with van der Waals surface area (Å²) in [5.41, 5.74) is -0.115. The van der Waals surface area contributed by atoms with Gasteiger partial charge in [0.2, 0.25) is 0 Å². The average molecular weight is 336 g/mol. The van der Waals surface area contributed by atoms with E-state index in [-0.39, 0.29) is 5.60 Å². The van der Waals surface area contributed by atoms with Crippen LogP contribution in [0.2, 0.25) is 5.02 Å². The molecule has 1 N–H and O–H groups in total. The lowest BCUT2D eigenvalue weighted by atomic mass is 9.93. The highest BCUT2D eigenvalue weighted by Crippen LogP contribution is 2.29. The number of hydrogen-bond acceptors (Lipinski definition) is 4. The summed E-state index contributed by atoms with van der Waals surface area (Å²) in [4.78, 5) is 2.41. The van der Waals surface area contributed by atoms with Gasteiger partial charge in [0.1, 0.15) is 18.0 Å². The van der Waals surface area contributed by atoms with Crippen molar-refractivity contribution in [2.45, 2.75) is 25.4 Å². The molecule has 1 aromatic carbocycles. The molecule has 1 aliphatic heterocycles. The van der Waals surface area contributed by atoms with E-state index in [1.807, 2.05) is 24.3 Å². The Kier molecular flexibility index (Phi) is 5.08. The highest BCUT2D eigenvalue weighted by Gasteiger charge is 2.31. The number of benzene rings is 1. The van der Waals surface area contributed by atoms with Gasteiger partial charge in [-0.15, -0.1) is 0 Å². The summed E-state index contributed by atoms with van der Waals surface area (Å²) in [6.45, 7) is 5.80. The van der Waals surface area contributed by atoms with Crippen molar-refractivity contribution < 1.29 is 9.47 Å². The van der Waals surface area contributed by atoms with E-state index in [2.05, 4.69) is 22.0 Å². The number of aromatic amines is 1. The summed E-state index contributed by atoms with van der Waals surface area (Å²) in [6.07, 6.45) is 5.45. The Labute approximate surface area is 141 Å². The molecule has 1 aliphatic rings. The van der Waals surface area contributed by atoms with Crippen LogP contribution in [0.1, 0.15) is 19.8 Å². The maximum atomic E-state index is 6.18. The Balaban J connectivity index is 1.42. The predicted molar refractivity (Wildman–Crippen MR) is 90.2 cm³/mol. The first-order chi connectivity index (χ1) is 11.1. The molecule has 0 saturated carbocycles. The van der Waals surface area contributed by atoms with Gasteiger partial charge in [0.25, 0.3) is 0 Å². The molecule has 3 rings (SSSR count). The van der Waals surface area contributed by atoms with E-state index in [1.54, 1.807) is 12.4 Å². The third kappa shape index (κ3) is 4.62. The second-order valence-electron chi connectivity index (χ2n) is 6.13. The van der Waals surface area contributed by atoms with E-state index in [0.29, 0.717) is 6.61 Å². The first-order valence-corrected chi connectivity index (χ1v) is 8.29. The minimum absolute atomic E-state index is 0.115. The van der Waals surface area contributed by atoms with Crippen molar-refractivity contribution in [3.05, 3.63) is 41.7 Å². The summed E-state index contributed by atoms with van der Waals surface area (Å²) in [5, 5.41) is 7.34. The normalized spacial score (nSPS) is 17.8. The number of aromatic nitrogens is 2. The van der Waals surface area contributed by atoms with Crippen LogP contribution in [-0.4, -0.2) is 46.9 Å². The van der Waals surface area contributed by atoms with Crippen molar-refractivity contribution in [2.24, 2.45) is 0 Å². The van der Waals surface area contributed by atoms with Crippen molar-refractivity contribution in [1.29, 1.82) is 0 Å². The molecule has 0 atom stereocenters. The fraction of sp³-hybridized carbons (Fsp3) is 0.471. The topological polar surface area (TPSA) is 50.4 Å². The minimum Gasteiger partial charge on any atom is -0.489 e.